The molecule has 1 aliphatic heterocycles. The summed E-state index contributed by atoms with van der Waals surface area (Å²) in [6.07, 6.45) is 1.81. The number of hydrogen-bond donors (Lipinski definition) is 2. The third-order valence-corrected chi connectivity index (χ3v) is 4.84. The lowest BCUT2D eigenvalue weighted by Gasteiger charge is -2.28. The highest BCUT2D eigenvalue weighted by Crippen LogP contribution is 2.31. The predicted molar refractivity (Wildman–Crippen MR) is 80.9 cm³/mol. The molecular formula is C15H21BrN2O. The molecule has 2 atom stereocenters. The molecule has 0 radical (unpaired) electrons. The molecule has 4 heteroatoms. The molecule has 1 heterocycles. The summed E-state index contributed by atoms with van der Waals surface area (Å²) in [6, 6.07) is 8.05. The normalized spacial score (nSPS) is 24.2. The molecule has 0 bridgehead atoms. The number of hydrogen-bond acceptors (Lipinski definition) is 2. The molecule has 1 unspecified atom stereocenters. The lowest BCUT2D eigenvalue weighted by molar-refractivity contribution is -0.131. The molecule has 0 spiro atoms. The maximum Gasteiger partial charge on any atom is 0.228 e. The van der Waals surface area contributed by atoms with E-state index in [2.05, 4.69) is 33.5 Å². The van der Waals surface area contributed by atoms with E-state index in [1.165, 1.54) is 0 Å². The van der Waals surface area contributed by atoms with Crippen LogP contribution in [0, 0.1) is 5.41 Å². The smallest absolute Gasteiger partial charge is 0.228 e. The number of carbonyl (C=O) groups excluding carboxylic acids is 1. The monoisotopic (exact) mass is 324 g/mol. The van der Waals surface area contributed by atoms with Gasteiger partial charge in [-0.25, -0.2) is 0 Å². The first-order valence-corrected chi connectivity index (χ1v) is 7.64. The number of rotatable bonds is 4. The van der Waals surface area contributed by atoms with Gasteiger partial charge in [-0.05, 0) is 37.9 Å². The van der Waals surface area contributed by atoms with Gasteiger partial charge in [0, 0.05) is 11.0 Å². The summed E-state index contributed by atoms with van der Waals surface area (Å²) in [5.74, 6) is 0.170. The lowest BCUT2D eigenvalue weighted by atomic mass is 9.83. The van der Waals surface area contributed by atoms with Gasteiger partial charge >= 0.3 is 0 Å². The van der Waals surface area contributed by atoms with Crippen LogP contribution in [0.5, 0.6) is 0 Å². The number of amides is 1. The van der Waals surface area contributed by atoms with Crippen molar-refractivity contribution in [3.8, 4) is 0 Å². The summed E-state index contributed by atoms with van der Waals surface area (Å²) < 4.78 is 1.04. The van der Waals surface area contributed by atoms with Crippen LogP contribution in [0.1, 0.15) is 38.3 Å². The molecule has 1 amide bonds. The molecular weight excluding hydrogens is 304 g/mol. The summed E-state index contributed by atoms with van der Waals surface area (Å²) in [6.45, 7) is 5.85. The molecule has 104 valence electrons. The Morgan fingerprint density at radius 2 is 2.26 bits per heavy atom. The molecule has 0 aliphatic carbocycles. The predicted octanol–water partition coefficient (Wildman–Crippen LogP) is 3.02. The van der Waals surface area contributed by atoms with Gasteiger partial charge in [0.05, 0.1) is 11.5 Å². The molecule has 2 N–H and O–H groups in total. The molecule has 0 aromatic heterocycles. The molecule has 1 aromatic rings. The first-order valence-electron chi connectivity index (χ1n) is 6.85. The van der Waals surface area contributed by atoms with Gasteiger partial charge in [0.15, 0.2) is 0 Å². The Morgan fingerprint density at radius 1 is 1.53 bits per heavy atom. The average molecular weight is 325 g/mol. The van der Waals surface area contributed by atoms with Crippen molar-refractivity contribution in [3.05, 3.63) is 34.3 Å². The van der Waals surface area contributed by atoms with E-state index in [4.69, 9.17) is 0 Å². The summed E-state index contributed by atoms with van der Waals surface area (Å²) in [4.78, 5) is 12.5. The lowest BCUT2D eigenvalue weighted by Crippen LogP contribution is -2.43. The fourth-order valence-corrected chi connectivity index (χ4v) is 3.28. The first kappa shape index (κ1) is 14.5. The highest BCUT2D eigenvalue weighted by molar-refractivity contribution is 9.10. The van der Waals surface area contributed by atoms with Gasteiger partial charge in [-0.2, -0.15) is 0 Å². The van der Waals surface area contributed by atoms with Crippen LogP contribution in [0.2, 0.25) is 0 Å². The quantitative estimate of drug-likeness (QED) is 0.893. The fraction of sp³-hybridized carbons (Fsp3) is 0.533. The van der Waals surface area contributed by atoms with E-state index in [0.717, 1.165) is 36.0 Å². The summed E-state index contributed by atoms with van der Waals surface area (Å²) >= 11 is 3.54. The molecule has 1 aromatic carbocycles. The second-order valence-corrected chi connectivity index (χ2v) is 6.13. The number of halogens is 1. The van der Waals surface area contributed by atoms with E-state index in [0.29, 0.717) is 0 Å². The Labute approximate surface area is 123 Å². The standard InChI is InChI=1S/C15H21BrN2O/c1-3-15(8-9-17-10-15)14(19)18-11(2)12-6-4-5-7-13(12)16/h4-7,11,17H,3,8-10H2,1-2H3,(H,18,19)/t11-,15?/m1/s1. The highest BCUT2D eigenvalue weighted by atomic mass is 79.9. The van der Waals surface area contributed by atoms with Gasteiger partial charge in [0.1, 0.15) is 0 Å². The van der Waals surface area contributed by atoms with Gasteiger partial charge < -0.3 is 10.6 Å². The largest absolute Gasteiger partial charge is 0.349 e. The number of nitrogens with one attached hydrogen (secondary N) is 2. The zero-order chi connectivity index (χ0) is 13.9. The van der Waals surface area contributed by atoms with Gasteiger partial charge in [0.25, 0.3) is 0 Å². The van der Waals surface area contributed by atoms with Gasteiger partial charge in [-0.3, -0.25) is 4.79 Å². The Balaban J connectivity index is 2.08. The topological polar surface area (TPSA) is 41.1 Å². The van der Waals surface area contributed by atoms with Crippen molar-refractivity contribution in [1.29, 1.82) is 0 Å². The van der Waals surface area contributed by atoms with Crippen LogP contribution in [0.25, 0.3) is 0 Å². The maximum absolute atomic E-state index is 12.5. The van der Waals surface area contributed by atoms with Crippen LogP contribution >= 0.6 is 15.9 Å². The van der Waals surface area contributed by atoms with E-state index in [9.17, 15) is 4.79 Å². The van der Waals surface area contributed by atoms with Crippen molar-refractivity contribution < 1.29 is 4.79 Å². The SMILES string of the molecule is CCC1(C(=O)N[C@H](C)c2ccccc2Br)CCNC1. The van der Waals surface area contributed by atoms with Gasteiger partial charge in [-0.15, -0.1) is 0 Å². The molecule has 1 fully saturated rings. The molecule has 0 saturated carbocycles. The van der Waals surface area contributed by atoms with Crippen molar-refractivity contribution >= 4 is 21.8 Å². The van der Waals surface area contributed by atoms with Crippen molar-refractivity contribution in [3.63, 3.8) is 0 Å². The third-order valence-electron chi connectivity index (χ3n) is 4.12. The minimum atomic E-state index is -0.227. The molecule has 2 rings (SSSR count). The third kappa shape index (κ3) is 3.00. The Hall–Kier alpha value is -0.870. The molecule has 1 aliphatic rings. The molecule has 19 heavy (non-hydrogen) atoms. The Bertz CT molecular complexity index is 455. The first-order chi connectivity index (χ1) is 9.09. The van der Waals surface area contributed by atoms with Crippen molar-refractivity contribution in [2.45, 2.75) is 32.7 Å². The van der Waals surface area contributed by atoms with Crippen molar-refractivity contribution in [2.24, 2.45) is 5.41 Å². The number of benzene rings is 1. The van der Waals surface area contributed by atoms with E-state index < -0.39 is 0 Å². The maximum atomic E-state index is 12.5. The zero-order valence-electron chi connectivity index (χ0n) is 11.5. The average Bonchev–Trinajstić information content (AvgIpc) is 2.89. The van der Waals surface area contributed by atoms with Crippen LogP contribution in [-0.2, 0) is 4.79 Å². The highest BCUT2D eigenvalue weighted by Gasteiger charge is 2.39. The van der Waals surface area contributed by atoms with Crippen LogP contribution in [0.3, 0.4) is 0 Å². The molecule has 3 nitrogen and oxygen atoms in total. The number of carbonyl (C=O) groups is 1. The summed E-state index contributed by atoms with van der Waals surface area (Å²) in [5.41, 5.74) is 0.892. The van der Waals surface area contributed by atoms with Crippen molar-refractivity contribution in [1.82, 2.24) is 10.6 Å². The summed E-state index contributed by atoms with van der Waals surface area (Å²) in [7, 11) is 0. The second-order valence-electron chi connectivity index (χ2n) is 5.28. The van der Waals surface area contributed by atoms with Crippen LogP contribution < -0.4 is 10.6 Å². The van der Waals surface area contributed by atoms with E-state index in [1.807, 2.05) is 31.2 Å². The Morgan fingerprint density at radius 3 is 2.84 bits per heavy atom. The fourth-order valence-electron chi connectivity index (χ4n) is 2.65. The van der Waals surface area contributed by atoms with Crippen molar-refractivity contribution in [2.75, 3.05) is 13.1 Å². The zero-order valence-corrected chi connectivity index (χ0v) is 13.1. The van der Waals surface area contributed by atoms with E-state index in [-0.39, 0.29) is 17.4 Å². The van der Waals surface area contributed by atoms with E-state index in [1.54, 1.807) is 0 Å². The van der Waals surface area contributed by atoms with Gasteiger partial charge in [-0.1, -0.05) is 41.1 Å². The van der Waals surface area contributed by atoms with Crippen LogP contribution in [0.15, 0.2) is 28.7 Å². The van der Waals surface area contributed by atoms with Gasteiger partial charge in [0.2, 0.25) is 5.91 Å². The summed E-state index contributed by atoms with van der Waals surface area (Å²) in [5, 5.41) is 6.46. The van der Waals surface area contributed by atoms with E-state index >= 15 is 0 Å². The van der Waals surface area contributed by atoms with Crippen LogP contribution in [0.4, 0.5) is 0 Å². The molecule has 1 saturated heterocycles. The minimum Gasteiger partial charge on any atom is -0.349 e. The second kappa shape index (κ2) is 6.06. The Kier molecular flexibility index (Phi) is 4.63. The minimum absolute atomic E-state index is 0.0205. The van der Waals surface area contributed by atoms with Crippen LogP contribution in [-0.4, -0.2) is 19.0 Å².